The fraction of sp³-hybridized carbons (Fsp3) is 0.579. The van der Waals surface area contributed by atoms with E-state index in [1.807, 2.05) is 6.92 Å². The summed E-state index contributed by atoms with van der Waals surface area (Å²) in [5, 5.41) is 3.80. The highest BCUT2D eigenvalue weighted by Crippen LogP contribution is 2.34. The fourth-order valence-corrected chi connectivity index (χ4v) is 4.53. The maximum Gasteiger partial charge on any atom is 0.325 e. The number of carbonyl (C=O) groups is 1. The topological polar surface area (TPSA) is 92.7 Å². The second-order valence-corrected chi connectivity index (χ2v) is 8.88. The lowest BCUT2D eigenvalue weighted by Crippen LogP contribution is -2.39. The summed E-state index contributed by atoms with van der Waals surface area (Å²) in [4.78, 5) is 11.9. The van der Waals surface area contributed by atoms with E-state index in [1.54, 1.807) is 24.3 Å². The summed E-state index contributed by atoms with van der Waals surface area (Å²) in [6.45, 7) is 2.12. The average Bonchev–Trinajstić information content (AvgIpc) is 2.61. The fourth-order valence-electron chi connectivity index (χ4n) is 3.55. The quantitative estimate of drug-likeness (QED) is 0.362. The van der Waals surface area contributed by atoms with Crippen LogP contribution in [0.4, 0.5) is 0 Å². The molecular weight excluding hydrogens is 390 g/mol. The highest BCUT2D eigenvalue weighted by atomic mass is 35.5. The standard InChI is InChI=1S/C19H27ClNO5S/c1-2-3-15(13-27(23,24)25)14-4-8-17(9-5-14)21-12-19(22)26-18-10-6-16(20)7-11-18/h6-7,10-11,14,17,21H,2-5,8-9,12-13H2,1H3,(H,23,24,25). The van der Waals surface area contributed by atoms with E-state index >= 15 is 0 Å². The average molecular weight is 417 g/mol. The molecule has 0 atom stereocenters. The van der Waals surface area contributed by atoms with E-state index in [0.29, 0.717) is 10.8 Å². The lowest BCUT2D eigenvalue weighted by Gasteiger charge is -2.33. The van der Waals surface area contributed by atoms with Gasteiger partial charge in [-0.15, -0.1) is 0 Å². The van der Waals surface area contributed by atoms with Crippen molar-refractivity contribution in [3.05, 3.63) is 35.2 Å². The molecule has 1 aromatic carbocycles. The molecule has 0 aliphatic heterocycles. The number of benzene rings is 1. The van der Waals surface area contributed by atoms with Gasteiger partial charge >= 0.3 is 5.97 Å². The Morgan fingerprint density at radius 2 is 1.85 bits per heavy atom. The molecule has 2 N–H and O–H groups in total. The first-order valence-corrected chi connectivity index (χ1v) is 11.2. The van der Waals surface area contributed by atoms with E-state index in [9.17, 15) is 13.2 Å². The van der Waals surface area contributed by atoms with Gasteiger partial charge in [0.05, 0.1) is 12.3 Å². The van der Waals surface area contributed by atoms with Crippen molar-refractivity contribution in [2.75, 3.05) is 12.3 Å². The van der Waals surface area contributed by atoms with Gasteiger partial charge in [-0.3, -0.25) is 9.35 Å². The van der Waals surface area contributed by atoms with Crippen molar-refractivity contribution in [2.45, 2.75) is 51.5 Å². The Kier molecular flexibility index (Phi) is 8.54. The first kappa shape index (κ1) is 22.1. The van der Waals surface area contributed by atoms with E-state index < -0.39 is 10.1 Å². The Morgan fingerprint density at radius 1 is 1.22 bits per heavy atom. The molecule has 0 unspecified atom stereocenters. The molecule has 2 rings (SSSR count). The van der Waals surface area contributed by atoms with Crippen LogP contribution in [0.15, 0.2) is 24.3 Å². The second kappa shape index (κ2) is 10.4. The predicted octanol–water partition coefficient (Wildman–Crippen LogP) is 3.66. The number of ether oxygens (including phenoxy) is 1. The predicted molar refractivity (Wildman–Crippen MR) is 105 cm³/mol. The molecule has 0 saturated heterocycles. The molecule has 0 heterocycles. The van der Waals surface area contributed by atoms with Crippen LogP contribution >= 0.6 is 11.6 Å². The van der Waals surface area contributed by atoms with Crippen molar-refractivity contribution in [3.8, 4) is 5.75 Å². The molecule has 1 aromatic rings. The molecule has 8 heteroatoms. The molecule has 1 fully saturated rings. The lowest BCUT2D eigenvalue weighted by molar-refractivity contribution is -0.133. The summed E-state index contributed by atoms with van der Waals surface area (Å²) in [5.74, 6) is 0.992. The third kappa shape index (κ3) is 8.17. The molecule has 1 aliphatic carbocycles. The zero-order valence-electron chi connectivity index (χ0n) is 15.5. The van der Waals surface area contributed by atoms with Crippen molar-refractivity contribution >= 4 is 27.7 Å². The minimum absolute atomic E-state index is 0.120. The molecule has 27 heavy (non-hydrogen) atoms. The number of esters is 1. The number of nitrogens with one attached hydrogen (secondary N) is 1. The molecule has 1 saturated carbocycles. The number of halogens is 1. The number of rotatable bonds is 9. The first-order chi connectivity index (χ1) is 12.8. The van der Waals surface area contributed by atoms with E-state index in [1.165, 1.54) is 0 Å². The molecule has 6 nitrogen and oxygen atoms in total. The number of hydrogen-bond acceptors (Lipinski definition) is 5. The molecule has 1 aliphatic rings. The highest BCUT2D eigenvalue weighted by Gasteiger charge is 2.30. The normalized spacial score (nSPS) is 20.6. The van der Waals surface area contributed by atoms with Crippen LogP contribution in [-0.4, -0.2) is 37.3 Å². The SMILES string of the molecule is CCC[C](CS(=O)(=O)O)C1CCC(NCC(=O)Oc2ccc(Cl)cc2)CC1. The smallest absolute Gasteiger partial charge is 0.325 e. The molecule has 1 radical (unpaired) electrons. The van der Waals surface area contributed by atoms with Gasteiger partial charge in [-0.25, -0.2) is 0 Å². The molecule has 0 amide bonds. The summed E-state index contributed by atoms with van der Waals surface area (Å²) in [5.41, 5.74) is 0. The minimum Gasteiger partial charge on any atom is -0.426 e. The van der Waals surface area contributed by atoms with Crippen LogP contribution in [0.1, 0.15) is 45.4 Å². The summed E-state index contributed by atoms with van der Waals surface area (Å²) >= 11 is 5.80. The Bertz CT molecular complexity index is 699. The van der Waals surface area contributed by atoms with Crippen molar-refractivity contribution < 1.29 is 22.5 Å². The van der Waals surface area contributed by atoms with Gasteiger partial charge in [0.15, 0.2) is 0 Å². The Labute approximate surface area is 166 Å². The summed E-state index contributed by atoms with van der Waals surface area (Å²) in [7, 11) is -3.98. The first-order valence-electron chi connectivity index (χ1n) is 9.26. The zero-order chi connectivity index (χ0) is 19.9. The van der Waals surface area contributed by atoms with Gasteiger partial charge in [-0.2, -0.15) is 8.42 Å². The summed E-state index contributed by atoms with van der Waals surface area (Å²) < 4.78 is 36.9. The summed E-state index contributed by atoms with van der Waals surface area (Å²) in [6.07, 6.45) is 5.01. The zero-order valence-corrected chi connectivity index (χ0v) is 17.1. The van der Waals surface area contributed by atoms with Gasteiger partial charge in [0, 0.05) is 11.1 Å². The number of hydrogen-bond donors (Lipinski definition) is 2. The van der Waals surface area contributed by atoms with Gasteiger partial charge < -0.3 is 10.1 Å². The molecule has 0 bridgehead atoms. The molecular formula is C19H27ClNO5S. The van der Waals surface area contributed by atoms with Gasteiger partial charge in [0.1, 0.15) is 5.75 Å². The lowest BCUT2D eigenvalue weighted by atomic mass is 9.77. The van der Waals surface area contributed by atoms with E-state index in [0.717, 1.165) is 44.4 Å². The van der Waals surface area contributed by atoms with Crippen molar-refractivity contribution in [2.24, 2.45) is 5.92 Å². The van der Waals surface area contributed by atoms with Gasteiger partial charge in [-0.1, -0.05) is 24.9 Å². The van der Waals surface area contributed by atoms with Crippen LogP contribution in [0, 0.1) is 11.8 Å². The Morgan fingerprint density at radius 3 is 2.41 bits per heavy atom. The third-order valence-corrected chi connectivity index (χ3v) is 5.81. The molecule has 151 valence electrons. The van der Waals surface area contributed by atoms with Gasteiger partial charge in [0.2, 0.25) is 0 Å². The largest absolute Gasteiger partial charge is 0.426 e. The van der Waals surface area contributed by atoms with Crippen molar-refractivity contribution in [1.82, 2.24) is 5.32 Å². The van der Waals surface area contributed by atoms with Crippen LogP contribution in [0.3, 0.4) is 0 Å². The monoisotopic (exact) mass is 416 g/mol. The van der Waals surface area contributed by atoms with E-state index in [4.69, 9.17) is 20.9 Å². The second-order valence-electron chi connectivity index (χ2n) is 6.99. The van der Waals surface area contributed by atoms with E-state index in [2.05, 4.69) is 5.32 Å². The highest BCUT2D eigenvalue weighted by molar-refractivity contribution is 7.85. The third-order valence-electron chi connectivity index (χ3n) is 4.82. The molecule has 0 spiro atoms. The van der Waals surface area contributed by atoms with Crippen LogP contribution in [0.2, 0.25) is 5.02 Å². The van der Waals surface area contributed by atoms with Gasteiger partial charge in [0.25, 0.3) is 10.1 Å². The molecule has 0 aromatic heterocycles. The van der Waals surface area contributed by atoms with Crippen LogP contribution in [-0.2, 0) is 14.9 Å². The van der Waals surface area contributed by atoms with E-state index in [-0.39, 0.29) is 30.2 Å². The van der Waals surface area contributed by atoms with Crippen LogP contribution in [0.25, 0.3) is 0 Å². The number of carbonyl (C=O) groups excluding carboxylic acids is 1. The maximum absolute atomic E-state index is 11.9. The Hall–Kier alpha value is -1.15. The van der Waals surface area contributed by atoms with Crippen LogP contribution < -0.4 is 10.1 Å². The van der Waals surface area contributed by atoms with Crippen LogP contribution in [0.5, 0.6) is 5.75 Å². The minimum atomic E-state index is -3.98. The Balaban J connectivity index is 1.74. The van der Waals surface area contributed by atoms with Crippen molar-refractivity contribution in [1.29, 1.82) is 0 Å². The maximum atomic E-state index is 11.9. The van der Waals surface area contributed by atoms with Crippen molar-refractivity contribution in [3.63, 3.8) is 0 Å². The summed E-state index contributed by atoms with van der Waals surface area (Å²) in [6, 6.07) is 6.82. The van der Waals surface area contributed by atoms with Gasteiger partial charge in [-0.05, 0) is 68.2 Å².